The van der Waals surface area contributed by atoms with Gasteiger partial charge in [-0.2, -0.15) is 10.9 Å². The van der Waals surface area contributed by atoms with E-state index in [1.807, 2.05) is 48.5 Å². The highest BCUT2D eigenvalue weighted by Gasteiger charge is 2.30. The van der Waals surface area contributed by atoms with Gasteiger partial charge in [-0.15, -0.1) is 0 Å². The summed E-state index contributed by atoms with van der Waals surface area (Å²) in [6.07, 6.45) is 0. The second kappa shape index (κ2) is 4.92. The van der Waals surface area contributed by atoms with Gasteiger partial charge in [0.15, 0.2) is 0 Å². The maximum Gasteiger partial charge on any atom is 0.141 e. The molecule has 0 saturated heterocycles. The summed E-state index contributed by atoms with van der Waals surface area (Å²) in [4.78, 5) is 1.78. The van der Waals surface area contributed by atoms with Gasteiger partial charge in [0.2, 0.25) is 0 Å². The molecule has 0 spiro atoms. The second-order valence-corrected chi connectivity index (χ2v) is 7.17. The van der Waals surface area contributed by atoms with Gasteiger partial charge in [-0.1, -0.05) is 36.4 Å². The van der Waals surface area contributed by atoms with E-state index in [1.54, 1.807) is 0 Å². The lowest BCUT2D eigenvalue weighted by Gasteiger charge is -2.20. The van der Waals surface area contributed by atoms with E-state index in [-0.39, 0.29) is 4.90 Å². The van der Waals surface area contributed by atoms with Gasteiger partial charge in [-0.3, -0.25) is 0 Å². The molecule has 0 N–H and O–H groups in total. The zero-order valence-electron chi connectivity index (χ0n) is 11.4. The SMILES string of the molecule is Fc1cc(F)c([SH]2c3ccccc3-c3ccccc32)c(F)c1. The van der Waals surface area contributed by atoms with Crippen LogP contribution in [0.25, 0.3) is 11.1 Å². The summed E-state index contributed by atoms with van der Waals surface area (Å²) in [6.45, 7) is 0. The molecule has 0 bridgehead atoms. The van der Waals surface area contributed by atoms with Gasteiger partial charge < -0.3 is 0 Å². The fourth-order valence-electron chi connectivity index (χ4n) is 2.91. The number of thiol groups is 1. The fourth-order valence-corrected chi connectivity index (χ4v) is 5.55. The van der Waals surface area contributed by atoms with E-state index in [9.17, 15) is 13.2 Å². The molecule has 0 unspecified atom stereocenters. The summed E-state index contributed by atoms with van der Waals surface area (Å²) in [5.41, 5.74) is 1.99. The third-order valence-electron chi connectivity index (χ3n) is 3.79. The Hall–Kier alpha value is -2.20. The predicted molar refractivity (Wildman–Crippen MR) is 82.0 cm³/mol. The summed E-state index contributed by atoms with van der Waals surface area (Å²) in [7, 11) is -1.34. The Labute approximate surface area is 128 Å². The van der Waals surface area contributed by atoms with Crippen LogP contribution < -0.4 is 0 Å². The Morgan fingerprint density at radius 1 is 0.636 bits per heavy atom. The van der Waals surface area contributed by atoms with Gasteiger partial charge in [-0.25, -0.2) is 13.2 Å². The first-order valence-corrected chi connectivity index (χ1v) is 8.14. The van der Waals surface area contributed by atoms with E-state index < -0.39 is 28.3 Å². The van der Waals surface area contributed by atoms with Crippen molar-refractivity contribution >= 4 is 10.9 Å². The van der Waals surface area contributed by atoms with Gasteiger partial charge >= 0.3 is 0 Å². The molecule has 0 aromatic heterocycles. The van der Waals surface area contributed by atoms with Crippen LogP contribution in [-0.2, 0) is 0 Å². The molecule has 0 amide bonds. The number of halogens is 3. The van der Waals surface area contributed by atoms with Gasteiger partial charge in [0.05, 0.1) is 4.90 Å². The molecule has 0 nitrogen and oxygen atoms in total. The summed E-state index contributed by atoms with van der Waals surface area (Å²) in [6, 6.07) is 16.7. The maximum absolute atomic E-state index is 14.3. The highest BCUT2D eigenvalue weighted by molar-refractivity contribution is 8.17. The van der Waals surface area contributed by atoms with Crippen LogP contribution in [-0.4, -0.2) is 0 Å². The molecule has 4 rings (SSSR count). The molecule has 0 fully saturated rings. The minimum absolute atomic E-state index is 0.0335. The van der Waals surface area contributed by atoms with Crippen LogP contribution in [0.1, 0.15) is 0 Å². The number of hydrogen-bond acceptors (Lipinski definition) is 0. The lowest BCUT2D eigenvalue weighted by atomic mass is 10.1. The molecule has 0 saturated carbocycles. The lowest BCUT2D eigenvalue weighted by Crippen LogP contribution is -1.95. The first-order valence-electron chi connectivity index (χ1n) is 6.80. The van der Waals surface area contributed by atoms with Crippen molar-refractivity contribution < 1.29 is 13.2 Å². The van der Waals surface area contributed by atoms with Crippen molar-refractivity contribution in [3.05, 3.63) is 78.1 Å². The molecule has 4 heteroatoms. The molecule has 3 aromatic rings. The fraction of sp³-hybridized carbons (Fsp3) is 0. The minimum atomic E-state index is -1.34. The summed E-state index contributed by atoms with van der Waals surface area (Å²) in [5, 5.41) is 0. The average molecular weight is 316 g/mol. The zero-order valence-corrected chi connectivity index (χ0v) is 12.2. The van der Waals surface area contributed by atoms with Crippen molar-refractivity contribution in [1.82, 2.24) is 0 Å². The van der Waals surface area contributed by atoms with Crippen molar-refractivity contribution in [3.63, 3.8) is 0 Å². The van der Waals surface area contributed by atoms with Crippen LogP contribution in [0.4, 0.5) is 13.2 Å². The van der Waals surface area contributed by atoms with Gasteiger partial charge in [0, 0.05) is 21.9 Å². The Morgan fingerprint density at radius 3 is 1.59 bits per heavy atom. The molecular weight excluding hydrogens is 305 g/mol. The van der Waals surface area contributed by atoms with E-state index >= 15 is 0 Å². The van der Waals surface area contributed by atoms with Crippen molar-refractivity contribution in [2.24, 2.45) is 0 Å². The highest BCUT2D eigenvalue weighted by Crippen LogP contribution is 2.63. The van der Waals surface area contributed by atoms with Gasteiger partial charge in [0.25, 0.3) is 0 Å². The predicted octanol–water partition coefficient (Wildman–Crippen LogP) is 5.56. The van der Waals surface area contributed by atoms with Crippen LogP contribution in [0.5, 0.6) is 0 Å². The first kappa shape index (κ1) is 13.5. The zero-order chi connectivity index (χ0) is 15.3. The number of hydrogen-bond donors (Lipinski definition) is 1. The van der Waals surface area contributed by atoms with E-state index in [0.29, 0.717) is 0 Å². The number of benzene rings is 3. The van der Waals surface area contributed by atoms with Crippen molar-refractivity contribution in [2.45, 2.75) is 14.7 Å². The molecule has 3 aromatic carbocycles. The Kier molecular flexibility index (Phi) is 3.01. The van der Waals surface area contributed by atoms with E-state index in [4.69, 9.17) is 0 Å². The van der Waals surface area contributed by atoms with Crippen LogP contribution >= 0.6 is 10.9 Å². The first-order chi connectivity index (χ1) is 10.7. The molecular formula is C18H11F3S. The largest absolute Gasteiger partial charge is 0.207 e. The Balaban J connectivity index is 2.04. The molecule has 0 atom stereocenters. The third kappa shape index (κ3) is 1.87. The normalized spacial score (nSPS) is 13.9. The molecule has 1 aliphatic heterocycles. The number of rotatable bonds is 1. The summed E-state index contributed by atoms with van der Waals surface area (Å²) in [5.74, 6) is -2.54. The molecule has 110 valence electrons. The van der Waals surface area contributed by atoms with E-state index in [0.717, 1.165) is 33.1 Å². The Bertz CT molecular complexity index is 821. The van der Waals surface area contributed by atoms with Gasteiger partial charge in [0.1, 0.15) is 17.5 Å². The molecule has 0 aliphatic carbocycles. The lowest BCUT2D eigenvalue weighted by molar-refractivity contribution is 0.510. The average Bonchev–Trinajstić information content (AvgIpc) is 2.82. The second-order valence-electron chi connectivity index (χ2n) is 5.09. The molecule has 0 radical (unpaired) electrons. The van der Waals surface area contributed by atoms with Crippen molar-refractivity contribution in [2.75, 3.05) is 0 Å². The third-order valence-corrected chi connectivity index (χ3v) is 6.40. The molecule has 1 aliphatic rings. The monoisotopic (exact) mass is 316 g/mol. The van der Waals surface area contributed by atoms with E-state index in [1.165, 1.54) is 0 Å². The summed E-state index contributed by atoms with van der Waals surface area (Å²) >= 11 is 0. The summed E-state index contributed by atoms with van der Waals surface area (Å²) < 4.78 is 41.8. The molecule has 22 heavy (non-hydrogen) atoms. The van der Waals surface area contributed by atoms with Crippen LogP contribution in [0.15, 0.2) is 75.4 Å². The van der Waals surface area contributed by atoms with E-state index in [2.05, 4.69) is 0 Å². The van der Waals surface area contributed by atoms with Crippen molar-refractivity contribution in [1.29, 1.82) is 0 Å². The van der Waals surface area contributed by atoms with Gasteiger partial charge in [-0.05, 0) is 23.3 Å². The number of fused-ring (bicyclic) bond motifs is 3. The van der Waals surface area contributed by atoms with Crippen LogP contribution in [0.2, 0.25) is 0 Å². The minimum Gasteiger partial charge on any atom is -0.207 e. The smallest absolute Gasteiger partial charge is 0.141 e. The highest BCUT2D eigenvalue weighted by atomic mass is 32.2. The topological polar surface area (TPSA) is 0 Å². The van der Waals surface area contributed by atoms with Crippen LogP contribution in [0, 0.1) is 17.5 Å². The molecule has 1 heterocycles. The standard InChI is InChI=1S/C18H11F3S/c19-11-9-14(20)18(15(21)10-11)22-16-7-3-1-5-12(16)13-6-2-4-8-17(13)22/h1-10,22H. The van der Waals surface area contributed by atoms with Crippen LogP contribution in [0.3, 0.4) is 0 Å². The van der Waals surface area contributed by atoms with Crippen molar-refractivity contribution in [3.8, 4) is 11.1 Å². The maximum atomic E-state index is 14.3. The Morgan fingerprint density at radius 2 is 1.09 bits per heavy atom. The quantitative estimate of drug-likeness (QED) is 0.437.